The molecule has 1 aliphatic rings. The smallest absolute Gasteiger partial charge is 0.376 e. The first-order valence-electron chi connectivity index (χ1n) is 6.96. The maximum absolute atomic E-state index is 13.2. The average molecular weight is 287 g/mol. The Bertz CT molecular complexity index is 447. The molecule has 0 aromatic heterocycles. The molecule has 0 radical (unpaired) electrons. The Labute approximate surface area is 117 Å². The van der Waals surface area contributed by atoms with Gasteiger partial charge in [-0.2, -0.15) is 13.2 Å². The number of halogens is 3. The van der Waals surface area contributed by atoms with Gasteiger partial charge in [-0.3, -0.25) is 0 Å². The topological polar surface area (TPSA) is 21.3 Å². The van der Waals surface area contributed by atoms with Gasteiger partial charge in [-0.15, -0.1) is 0 Å². The fourth-order valence-corrected chi connectivity index (χ4v) is 2.79. The molecule has 1 fully saturated rings. The molecule has 5 heteroatoms. The normalized spacial score (nSPS) is 24.9. The third-order valence-corrected chi connectivity index (χ3v) is 3.80. The van der Waals surface area contributed by atoms with Crippen LogP contribution in [0.3, 0.4) is 0 Å². The highest BCUT2D eigenvalue weighted by Gasteiger charge is 2.39. The zero-order valence-corrected chi connectivity index (χ0v) is 11.7. The zero-order chi connectivity index (χ0) is 14.8. The second-order valence-corrected chi connectivity index (χ2v) is 5.22. The van der Waals surface area contributed by atoms with Crippen molar-refractivity contribution >= 4 is 0 Å². The van der Waals surface area contributed by atoms with Crippen molar-refractivity contribution in [3.8, 4) is 0 Å². The molecule has 0 aliphatic carbocycles. The van der Waals surface area contributed by atoms with E-state index in [2.05, 4.69) is 5.32 Å². The van der Waals surface area contributed by atoms with Gasteiger partial charge in [0.2, 0.25) is 0 Å². The number of nitrogens with one attached hydrogen (secondary N) is 1. The Hall–Kier alpha value is -1.07. The summed E-state index contributed by atoms with van der Waals surface area (Å²) >= 11 is 0. The largest absolute Gasteiger partial charge is 0.416 e. The Morgan fingerprint density at radius 1 is 1.35 bits per heavy atom. The number of alkyl halides is 3. The van der Waals surface area contributed by atoms with E-state index in [1.165, 1.54) is 6.07 Å². The Morgan fingerprint density at radius 3 is 2.60 bits per heavy atom. The van der Waals surface area contributed by atoms with Crippen LogP contribution in [0.1, 0.15) is 37.4 Å². The number of hydrogen-bond donors (Lipinski definition) is 1. The summed E-state index contributed by atoms with van der Waals surface area (Å²) in [5, 5.41) is 3.16. The van der Waals surface area contributed by atoms with Crippen molar-refractivity contribution in [1.29, 1.82) is 0 Å². The fraction of sp³-hybridized carbons (Fsp3) is 0.600. The predicted molar refractivity (Wildman–Crippen MR) is 71.4 cm³/mol. The summed E-state index contributed by atoms with van der Waals surface area (Å²) < 4.78 is 45.2. The van der Waals surface area contributed by atoms with E-state index in [1.54, 1.807) is 12.1 Å². The first-order valence-corrected chi connectivity index (χ1v) is 6.96. The molecule has 3 unspecified atom stereocenters. The summed E-state index contributed by atoms with van der Waals surface area (Å²) in [5.41, 5.74) is -0.297. The second-order valence-electron chi connectivity index (χ2n) is 5.22. The number of benzene rings is 1. The van der Waals surface area contributed by atoms with Gasteiger partial charge in [-0.1, -0.05) is 32.0 Å². The van der Waals surface area contributed by atoms with Crippen molar-refractivity contribution in [1.82, 2.24) is 5.32 Å². The molecule has 0 amide bonds. The SMILES string of the molecule is CCNC(c1ccccc1C(F)(F)F)C1OCCC1C. The molecule has 0 saturated carbocycles. The molecule has 1 aromatic carbocycles. The number of likely N-dealkylation sites (N-methyl/N-ethyl adjacent to an activating group) is 1. The summed E-state index contributed by atoms with van der Waals surface area (Å²) in [6.45, 7) is 5.13. The Morgan fingerprint density at radius 2 is 2.05 bits per heavy atom. The molecule has 3 atom stereocenters. The minimum Gasteiger partial charge on any atom is -0.376 e. The standard InChI is InChI=1S/C15H20F3NO/c1-3-19-13(14-10(2)8-9-20-14)11-6-4-5-7-12(11)15(16,17)18/h4-7,10,13-14,19H,3,8-9H2,1-2H3. The van der Waals surface area contributed by atoms with Gasteiger partial charge in [-0.05, 0) is 30.5 Å². The lowest BCUT2D eigenvalue weighted by Gasteiger charge is -2.29. The highest BCUT2D eigenvalue weighted by Crippen LogP contribution is 2.38. The predicted octanol–water partition coefficient (Wildman–Crippen LogP) is 3.78. The molecule has 112 valence electrons. The summed E-state index contributed by atoms with van der Waals surface area (Å²) in [7, 11) is 0. The van der Waals surface area contributed by atoms with Crippen LogP contribution in [0.5, 0.6) is 0 Å². The van der Waals surface area contributed by atoms with Crippen LogP contribution in [0.15, 0.2) is 24.3 Å². The van der Waals surface area contributed by atoms with E-state index >= 15 is 0 Å². The third kappa shape index (κ3) is 3.15. The van der Waals surface area contributed by atoms with E-state index in [-0.39, 0.29) is 17.6 Å². The second kappa shape index (κ2) is 6.14. The summed E-state index contributed by atoms with van der Waals surface area (Å²) in [6.07, 6.45) is -3.66. The van der Waals surface area contributed by atoms with Crippen LogP contribution in [0.25, 0.3) is 0 Å². The first-order chi connectivity index (χ1) is 9.45. The molecular formula is C15H20F3NO. The van der Waals surface area contributed by atoms with Crippen LogP contribution < -0.4 is 5.32 Å². The summed E-state index contributed by atoms with van der Waals surface area (Å²) in [4.78, 5) is 0. The van der Waals surface area contributed by atoms with E-state index in [9.17, 15) is 13.2 Å². The summed E-state index contributed by atoms with van der Waals surface area (Å²) in [5.74, 6) is 0.250. The van der Waals surface area contributed by atoms with Gasteiger partial charge in [0, 0.05) is 6.61 Å². The fourth-order valence-electron chi connectivity index (χ4n) is 2.79. The Balaban J connectivity index is 2.39. The van der Waals surface area contributed by atoms with Crippen molar-refractivity contribution < 1.29 is 17.9 Å². The maximum atomic E-state index is 13.2. The number of rotatable bonds is 4. The Kier molecular flexibility index (Phi) is 4.70. The van der Waals surface area contributed by atoms with Crippen LogP contribution in [0, 0.1) is 5.92 Å². The van der Waals surface area contributed by atoms with Gasteiger partial charge >= 0.3 is 6.18 Å². The lowest BCUT2D eigenvalue weighted by Crippen LogP contribution is -2.36. The maximum Gasteiger partial charge on any atom is 0.416 e. The van der Waals surface area contributed by atoms with E-state index in [4.69, 9.17) is 4.74 Å². The third-order valence-electron chi connectivity index (χ3n) is 3.80. The van der Waals surface area contributed by atoms with Crippen LogP contribution in [0.4, 0.5) is 13.2 Å². The van der Waals surface area contributed by atoms with E-state index < -0.39 is 17.8 Å². The number of hydrogen-bond acceptors (Lipinski definition) is 2. The minimum absolute atomic E-state index is 0.210. The molecule has 1 aliphatic heterocycles. The van der Waals surface area contributed by atoms with E-state index in [0.29, 0.717) is 13.2 Å². The molecule has 1 N–H and O–H groups in total. The van der Waals surface area contributed by atoms with E-state index in [0.717, 1.165) is 12.5 Å². The van der Waals surface area contributed by atoms with Gasteiger partial charge in [0.05, 0.1) is 17.7 Å². The lowest BCUT2D eigenvalue weighted by molar-refractivity contribution is -0.138. The van der Waals surface area contributed by atoms with Crippen molar-refractivity contribution in [2.24, 2.45) is 5.92 Å². The van der Waals surface area contributed by atoms with Crippen LogP contribution in [0.2, 0.25) is 0 Å². The number of ether oxygens (including phenoxy) is 1. The monoisotopic (exact) mass is 287 g/mol. The molecule has 2 nitrogen and oxygen atoms in total. The van der Waals surface area contributed by atoms with Crippen LogP contribution in [-0.2, 0) is 10.9 Å². The first kappa shape index (κ1) is 15.3. The molecule has 20 heavy (non-hydrogen) atoms. The van der Waals surface area contributed by atoms with Gasteiger partial charge in [0.25, 0.3) is 0 Å². The van der Waals surface area contributed by atoms with Crippen molar-refractivity contribution in [2.75, 3.05) is 13.2 Å². The van der Waals surface area contributed by atoms with Gasteiger partial charge in [0.15, 0.2) is 0 Å². The highest BCUT2D eigenvalue weighted by atomic mass is 19.4. The lowest BCUT2D eigenvalue weighted by atomic mass is 9.89. The molecule has 1 aromatic rings. The molecular weight excluding hydrogens is 267 g/mol. The average Bonchev–Trinajstić information content (AvgIpc) is 2.81. The van der Waals surface area contributed by atoms with Crippen molar-refractivity contribution in [3.63, 3.8) is 0 Å². The van der Waals surface area contributed by atoms with Crippen LogP contribution >= 0.6 is 0 Å². The quantitative estimate of drug-likeness (QED) is 0.910. The molecule has 1 heterocycles. The molecule has 2 rings (SSSR count). The zero-order valence-electron chi connectivity index (χ0n) is 11.7. The van der Waals surface area contributed by atoms with Crippen molar-refractivity contribution in [3.05, 3.63) is 35.4 Å². The van der Waals surface area contributed by atoms with E-state index in [1.807, 2.05) is 13.8 Å². The van der Waals surface area contributed by atoms with Crippen molar-refractivity contribution in [2.45, 2.75) is 38.6 Å². The minimum atomic E-state index is -4.34. The van der Waals surface area contributed by atoms with Crippen LogP contribution in [-0.4, -0.2) is 19.3 Å². The van der Waals surface area contributed by atoms with Gasteiger partial charge in [0.1, 0.15) is 0 Å². The molecule has 0 bridgehead atoms. The van der Waals surface area contributed by atoms with Gasteiger partial charge < -0.3 is 10.1 Å². The highest BCUT2D eigenvalue weighted by molar-refractivity contribution is 5.33. The summed E-state index contributed by atoms with van der Waals surface area (Å²) in [6, 6.07) is 5.34. The molecule has 0 spiro atoms. The van der Waals surface area contributed by atoms with Gasteiger partial charge in [-0.25, -0.2) is 0 Å². The molecule has 1 saturated heterocycles.